The fraction of sp³-hybridized carbons (Fsp3) is 0.619. The summed E-state index contributed by atoms with van der Waals surface area (Å²) in [7, 11) is 3.68. The van der Waals surface area contributed by atoms with E-state index < -0.39 is 0 Å². The van der Waals surface area contributed by atoms with E-state index in [1.54, 1.807) is 13.2 Å². The molecule has 4 heterocycles. The van der Waals surface area contributed by atoms with Gasteiger partial charge in [-0.05, 0) is 48.8 Å². The molecular formula is C21H27FN2O. The minimum Gasteiger partial charge on any atom is -0.494 e. The Morgan fingerprint density at radius 2 is 2.12 bits per heavy atom. The molecule has 1 saturated carbocycles. The number of fused-ring (bicyclic) bond motifs is 4. The Morgan fingerprint density at radius 3 is 2.88 bits per heavy atom. The lowest BCUT2D eigenvalue weighted by Gasteiger charge is -2.53. The van der Waals surface area contributed by atoms with Gasteiger partial charge in [0.15, 0.2) is 11.6 Å². The van der Waals surface area contributed by atoms with Gasteiger partial charge in [-0.15, -0.1) is 0 Å². The summed E-state index contributed by atoms with van der Waals surface area (Å²) in [6.45, 7) is 4.65. The van der Waals surface area contributed by atoms with Crippen molar-refractivity contribution in [2.75, 3.05) is 20.2 Å². The molecule has 0 N–H and O–H groups in total. The Labute approximate surface area is 148 Å². The van der Waals surface area contributed by atoms with E-state index in [4.69, 9.17) is 4.74 Å². The molecule has 134 valence electrons. The molecule has 0 radical (unpaired) electrons. The zero-order valence-corrected chi connectivity index (χ0v) is 15.4. The number of hydrogen-bond acceptors (Lipinski definition) is 2. The number of halogens is 1. The van der Waals surface area contributed by atoms with Crippen LogP contribution in [0.2, 0.25) is 0 Å². The Balaban J connectivity index is 1.75. The van der Waals surface area contributed by atoms with Crippen LogP contribution in [0.5, 0.6) is 5.75 Å². The lowest BCUT2D eigenvalue weighted by atomic mass is 9.65. The molecule has 0 spiro atoms. The van der Waals surface area contributed by atoms with Gasteiger partial charge in [-0.2, -0.15) is 0 Å². The van der Waals surface area contributed by atoms with Crippen LogP contribution in [0.3, 0.4) is 0 Å². The molecule has 1 aromatic heterocycles. The Kier molecular flexibility index (Phi) is 3.43. The number of benzene rings is 1. The molecule has 5 atom stereocenters. The molecule has 3 fully saturated rings. The number of piperidine rings is 2. The topological polar surface area (TPSA) is 17.4 Å². The monoisotopic (exact) mass is 342 g/mol. The molecule has 2 saturated heterocycles. The Morgan fingerprint density at radius 1 is 1.28 bits per heavy atom. The van der Waals surface area contributed by atoms with Gasteiger partial charge in [0.1, 0.15) is 0 Å². The molecule has 4 bridgehead atoms. The first-order valence-corrected chi connectivity index (χ1v) is 9.71. The van der Waals surface area contributed by atoms with Crippen molar-refractivity contribution in [2.24, 2.45) is 18.9 Å². The molecule has 2 unspecified atom stereocenters. The number of aryl methyl sites for hydroxylation is 1. The van der Waals surface area contributed by atoms with Crippen LogP contribution >= 0.6 is 0 Å². The fourth-order valence-corrected chi connectivity index (χ4v) is 6.28. The highest BCUT2D eigenvalue weighted by atomic mass is 19.1. The summed E-state index contributed by atoms with van der Waals surface area (Å²) in [5, 5.41) is 0.800. The van der Waals surface area contributed by atoms with E-state index in [0.717, 1.165) is 35.7 Å². The number of rotatable bonds is 2. The van der Waals surface area contributed by atoms with Crippen molar-refractivity contribution in [1.82, 2.24) is 9.47 Å². The summed E-state index contributed by atoms with van der Waals surface area (Å²) < 4.78 is 22.7. The van der Waals surface area contributed by atoms with E-state index in [0.29, 0.717) is 17.7 Å². The number of hydrogen-bond donors (Lipinski definition) is 0. The first-order chi connectivity index (χ1) is 12.1. The van der Waals surface area contributed by atoms with Gasteiger partial charge in [0, 0.05) is 43.2 Å². The van der Waals surface area contributed by atoms with Gasteiger partial charge in [-0.3, -0.25) is 4.90 Å². The lowest BCUT2D eigenvalue weighted by molar-refractivity contribution is -0.0140. The summed E-state index contributed by atoms with van der Waals surface area (Å²) in [4.78, 5) is 2.72. The van der Waals surface area contributed by atoms with Crippen molar-refractivity contribution in [3.8, 4) is 5.75 Å². The highest BCUT2D eigenvalue weighted by Gasteiger charge is 2.49. The van der Waals surface area contributed by atoms with E-state index in [9.17, 15) is 0 Å². The SMILES string of the molecule is CC[C@H]1C[C@H]2C[C@H]3c4c(c5c(F)c(OC)ccc5n4C)CCN(C2)C13. The van der Waals surface area contributed by atoms with Gasteiger partial charge in [0.05, 0.1) is 12.6 Å². The van der Waals surface area contributed by atoms with E-state index in [1.807, 2.05) is 6.07 Å². The van der Waals surface area contributed by atoms with Crippen LogP contribution in [0.4, 0.5) is 4.39 Å². The van der Waals surface area contributed by atoms with Crippen molar-refractivity contribution in [3.05, 3.63) is 29.2 Å². The Hall–Kier alpha value is -1.55. The van der Waals surface area contributed by atoms with Crippen LogP contribution in [-0.4, -0.2) is 35.7 Å². The van der Waals surface area contributed by atoms with E-state index in [2.05, 4.69) is 23.4 Å². The van der Waals surface area contributed by atoms with Crippen LogP contribution in [0.25, 0.3) is 10.9 Å². The second kappa shape index (κ2) is 5.47. The minimum absolute atomic E-state index is 0.180. The molecule has 1 aliphatic carbocycles. The van der Waals surface area contributed by atoms with Crippen LogP contribution in [0, 0.1) is 17.7 Å². The average molecular weight is 342 g/mol. The number of ether oxygens (including phenoxy) is 1. The van der Waals surface area contributed by atoms with Crippen molar-refractivity contribution in [3.63, 3.8) is 0 Å². The molecule has 0 amide bonds. The number of aromatic nitrogens is 1. The second-order valence-electron chi connectivity index (χ2n) is 8.25. The summed E-state index contributed by atoms with van der Waals surface area (Å²) in [5.41, 5.74) is 3.66. The zero-order chi connectivity index (χ0) is 17.3. The third kappa shape index (κ3) is 2.00. The molecule has 3 nitrogen and oxygen atoms in total. The standard InChI is InChI=1S/C21H27FN2O/c1-4-13-9-12-10-15-20(13)24(11-12)8-7-14-18-16(23(2)21(14)15)5-6-17(25-3)19(18)22/h5-6,12-13,15,20H,4,7-11H2,1-3H3/t12-,13-,15+,20?/m0/s1. The van der Waals surface area contributed by atoms with Crippen molar-refractivity contribution >= 4 is 10.9 Å². The summed E-state index contributed by atoms with van der Waals surface area (Å²) in [5.74, 6) is 2.34. The van der Waals surface area contributed by atoms with Gasteiger partial charge in [0.2, 0.25) is 0 Å². The molecule has 25 heavy (non-hydrogen) atoms. The number of nitrogens with zero attached hydrogens (tertiary/aromatic N) is 2. The maximum atomic E-state index is 15.1. The molecule has 4 aliphatic rings. The molecule has 1 aromatic carbocycles. The maximum Gasteiger partial charge on any atom is 0.174 e. The summed E-state index contributed by atoms with van der Waals surface area (Å²) in [6.07, 6.45) is 4.87. The van der Waals surface area contributed by atoms with Crippen molar-refractivity contribution < 1.29 is 9.13 Å². The predicted octanol–water partition coefficient (Wildman–Crippen LogP) is 4.09. The lowest BCUT2D eigenvalue weighted by Crippen LogP contribution is -2.56. The highest BCUT2D eigenvalue weighted by molar-refractivity contribution is 5.88. The van der Waals surface area contributed by atoms with Gasteiger partial charge in [0.25, 0.3) is 0 Å². The maximum absolute atomic E-state index is 15.1. The van der Waals surface area contributed by atoms with Gasteiger partial charge in [-0.25, -0.2) is 4.39 Å². The molecular weight excluding hydrogens is 315 g/mol. The van der Waals surface area contributed by atoms with Gasteiger partial charge in [-0.1, -0.05) is 13.3 Å². The van der Waals surface area contributed by atoms with Gasteiger partial charge >= 0.3 is 0 Å². The molecule has 2 aromatic rings. The fourth-order valence-electron chi connectivity index (χ4n) is 6.28. The zero-order valence-electron chi connectivity index (χ0n) is 15.4. The van der Waals surface area contributed by atoms with Crippen LogP contribution in [0.1, 0.15) is 43.4 Å². The normalized spacial score (nSPS) is 33.4. The smallest absolute Gasteiger partial charge is 0.174 e. The first kappa shape index (κ1) is 15.7. The molecule has 3 aliphatic heterocycles. The van der Waals surface area contributed by atoms with E-state index >= 15 is 4.39 Å². The van der Waals surface area contributed by atoms with Crippen molar-refractivity contribution in [1.29, 1.82) is 0 Å². The van der Waals surface area contributed by atoms with E-state index in [-0.39, 0.29) is 5.82 Å². The summed E-state index contributed by atoms with van der Waals surface area (Å²) >= 11 is 0. The van der Waals surface area contributed by atoms with Crippen LogP contribution in [-0.2, 0) is 13.5 Å². The highest BCUT2D eigenvalue weighted by Crippen LogP contribution is 2.52. The summed E-state index contributed by atoms with van der Waals surface area (Å²) in [6, 6.07) is 4.44. The predicted molar refractivity (Wildman–Crippen MR) is 97.7 cm³/mol. The van der Waals surface area contributed by atoms with Crippen LogP contribution < -0.4 is 4.74 Å². The molecule has 6 rings (SSSR count). The second-order valence-corrected chi connectivity index (χ2v) is 8.25. The van der Waals surface area contributed by atoms with E-state index in [1.165, 1.54) is 37.1 Å². The first-order valence-electron chi connectivity index (χ1n) is 9.71. The number of methoxy groups -OCH3 is 1. The third-order valence-corrected chi connectivity index (χ3v) is 7.20. The third-order valence-electron chi connectivity index (χ3n) is 7.20. The largest absolute Gasteiger partial charge is 0.494 e. The minimum atomic E-state index is -0.180. The average Bonchev–Trinajstić information content (AvgIpc) is 2.86. The Bertz CT molecular complexity index is 842. The van der Waals surface area contributed by atoms with Gasteiger partial charge < -0.3 is 9.30 Å². The quantitative estimate of drug-likeness (QED) is 0.818. The van der Waals surface area contributed by atoms with Crippen LogP contribution in [0.15, 0.2) is 12.1 Å². The molecule has 4 heteroatoms. The van der Waals surface area contributed by atoms with Crippen molar-refractivity contribution in [2.45, 2.75) is 44.6 Å².